The van der Waals surface area contributed by atoms with Crippen molar-refractivity contribution in [3.05, 3.63) is 18.6 Å². The molecule has 0 aliphatic carbocycles. The summed E-state index contributed by atoms with van der Waals surface area (Å²) in [6, 6.07) is -0.471. The molecule has 0 spiro atoms. The number of nitrogens with two attached hydrogens (primary N) is 1. The molecule has 0 aliphatic heterocycles. The number of anilines is 1. The van der Waals surface area contributed by atoms with Gasteiger partial charge in [0.25, 0.3) is 0 Å². The van der Waals surface area contributed by atoms with E-state index in [4.69, 9.17) is 5.73 Å². The first-order valence-corrected chi connectivity index (χ1v) is 4.73. The Morgan fingerprint density at radius 3 is 2.93 bits per heavy atom. The van der Waals surface area contributed by atoms with Gasteiger partial charge in [0, 0.05) is 25.5 Å². The molecule has 0 saturated heterocycles. The van der Waals surface area contributed by atoms with Gasteiger partial charge in [0.15, 0.2) is 0 Å². The van der Waals surface area contributed by atoms with Gasteiger partial charge in [-0.25, -0.2) is 4.98 Å². The molecule has 0 aliphatic rings. The molecule has 0 fully saturated rings. The van der Waals surface area contributed by atoms with E-state index in [1.165, 1.54) is 0 Å². The third-order valence-electron chi connectivity index (χ3n) is 1.71. The topological polar surface area (TPSA) is 92.9 Å². The summed E-state index contributed by atoms with van der Waals surface area (Å²) in [6.45, 7) is 2.75. The molecule has 82 valence electrons. The molecule has 0 aromatic carbocycles. The van der Waals surface area contributed by atoms with Gasteiger partial charge in [0.1, 0.15) is 5.82 Å². The zero-order valence-electron chi connectivity index (χ0n) is 8.60. The Morgan fingerprint density at radius 1 is 1.53 bits per heavy atom. The molecule has 1 amide bonds. The standard InChI is InChI=1S/C9H15N5O/c1-7(10)9(15)14-5-4-13-8-6-11-2-3-12-8/h2-3,6-7H,4-5,10H2,1H3,(H,12,13)(H,14,15)/t7-/m1/s1. The summed E-state index contributed by atoms with van der Waals surface area (Å²) < 4.78 is 0. The fourth-order valence-corrected chi connectivity index (χ4v) is 0.928. The first-order valence-electron chi connectivity index (χ1n) is 4.73. The van der Waals surface area contributed by atoms with E-state index in [-0.39, 0.29) is 5.91 Å². The van der Waals surface area contributed by atoms with Crippen LogP contribution >= 0.6 is 0 Å². The zero-order valence-corrected chi connectivity index (χ0v) is 8.60. The maximum atomic E-state index is 11.1. The van der Waals surface area contributed by atoms with Crippen LogP contribution in [0.4, 0.5) is 5.82 Å². The molecule has 0 radical (unpaired) electrons. The third kappa shape index (κ3) is 4.37. The van der Waals surface area contributed by atoms with Crippen molar-refractivity contribution in [3.63, 3.8) is 0 Å². The number of carbonyl (C=O) groups excluding carboxylic acids is 1. The predicted molar refractivity (Wildman–Crippen MR) is 57.2 cm³/mol. The Kier molecular flexibility index (Phi) is 4.49. The van der Waals surface area contributed by atoms with Crippen molar-refractivity contribution in [1.29, 1.82) is 0 Å². The summed E-state index contributed by atoms with van der Waals surface area (Å²) in [5.41, 5.74) is 5.37. The lowest BCUT2D eigenvalue weighted by atomic mass is 10.3. The van der Waals surface area contributed by atoms with Gasteiger partial charge < -0.3 is 16.4 Å². The van der Waals surface area contributed by atoms with Crippen LogP contribution in [0.5, 0.6) is 0 Å². The molecule has 6 heteroatoms. The van der Waals surface area contributed by atoms with E-state index in [9.17, 15) is 4.79 Å². The number of nitrogens with zero attached hydrogens (tertiary/aromatic N) is 2. The molecule has 1 atom stereocenters. The maximum absolute atomic E-state index is 11.1. The van der Waals surface area contributed by atoms with Crippen LogP contribution in [0.15, 0.2) is 18.6 Å². The number of amides is 1. The van der Waals surface area contributed by atoms with Crippen molar-refractivity contribution in [2.75, 3.05) is 18.4 Å². The minimum absolute atomic E-state index is 0.157. The van der Waals surface area contributed by atoms with E-state index in [0.29, 0.717) is 18.9 Å². The SMILES string of the molecule is C[C@@H](N)C(=O)NCCNc1cnccn1. The van der Waals surface area contributed by atoms with Crippen molar-refractivity contribution in [2.45, 2.75) is 13.0 Å². The fraction of sp³-hybridized carbons (Fsp3) is 0.444. The highest BCUT2D eigenvalue weighted by Crippen LogP contribution is 1.94. The largest absolute Gasteiger partial charge is 0.367 e. The molecule has 1 aromatic rings. The lowest BCUT2D eigenvalue weighted by Crippen LogP contribution is -2.40. The van der Waals surface area contributed by atoms with Crippen LogP contribution in [0.3, 0.4) is 0 Å². The molecule has 4 N–H and O–H groups in total. The summed E-state index contributed by atoms with van der Waals surface area (Å²) in [4.78, 5) is 19.0. The summed E-state index contributed by atoms with van der Waals surface area (Å²) >= 11 is 0. The second-order valence-electron chi connectivity index (χ2n) is 3.10. The van der Waals surface area contributed by atoms with Gasteiger partial charge in [0.05, 0.1) is 12.2 Å². The van der Waals surface area contributed by atoms with Crippen LogP contribution in [0, 0.1) is 0 Å². The Morgan fingerprint density at radius 2 is 2.33 bits per heavy atom. The molecule has 6 nitrogen and oxygen atoms in total. The van der Waals surface area contributed by atoms with Crippen LogP contribution in [0.2, 0.25) is 0 Å². The number of rotatable bonds is 5. The van der Waals surface area contributed by atoms with Crippen LogP contribution < -0.4 is 16.4 Å². The van der Waals surface area contributed by atoms with E-state index in [0.717, 1.165) is 0 Å². The Bertz CT molecular complexity index is 301. The molecule has 15 heavy (non-hydrogen) atoms. The van der Waals surface area contributed by atoms with Gasteiger partial charge in [-0.1, -0.05) is 0 Å². The molecular weight excluding hydrogens is 194 g/mol. The first-order chi connectivity index (χ1) is 7.20. The normalized spacial score (nSPS) is 11.9. The second kappa shape index (κ2) is 5.92. The van der Waals surface area contributed by atoms with Crippen LogP contribution in [-0.2, 0) is 4.79 Å². The Balaban J connectivity index is 2.15. The van der Waals surface area contributed by atoms with E-state index in [2.05, 4.69) is 20.6 Å². The summed E-state index contributed by atoms with van der Waals surface area (Å²) in [5, 5.41) is 5.69. The van der Waals surface area contributed by atoms with E-state index in [1.807, 2.05) is 0 Å². The number of nitrogens with one attached hydrogen (secondary N) is 2. The first kappa shape index (κ1) is 11.4. The van der Waals surface area contributed by atoms with Crippen molar-refractivity contribution in [2.24, 2.45) is 5.73 Å². The van der Waals surface area contributed by atoms with Crippen molar-refractivity contribution >= 4 is 11.7 Å². The van der Waals surface area contributed by atoms with Gasteiger partial charge in [-0.15, -0.1) is 0 Å². The average Bonchev–Trinajstić information content (AvgIpc) is 2.25. The molecule has 1 rings (SSSR count). The minimum Gasteiger partial charge on any atom is -0.367 e. The van der Waals surface area contributed by atoms with Gasteiger partial charge in [-0.05, 0) is 6.92 Å². The summed E-state index contributed by atoms with van der Waals surface area (Å²) in [6.07, 6.45) is 4.82. The second-order valence-corrected chi connectivity index (χ2v) is 3.10. The molecule has 0 bridgehead atoms. The Labute approximate surface area is 88.3 Å². The fourth-order valence-electron chi connectivity index (χ4n) is 0.928. The molecule has 0 saturated carbocycles. The highest BCUT2D eigenvalue weighted by atomic mass is 16.2. The molecule has 1 aromatic heterocycles. The van der Waals surface area contributed by atoms with Gasteiger partial charge in [0.2, 0.25) is 5.91 Å². The number of carbonyl (C=O) groups is 1. The lowest BCUT2D eigenvalue weighted by molar-refractivity contribution is -0.121. The third-order valence-corrected chi connectivity index (χ3v) is 1.71. The molecular formula is C9H15N5O. The maximum Gasteiger partial charge on any atom is 0.236 e. The number of hydrogen-bond acceptors (Lipinski definition) is 5. The molecule has 1 heterocycles. The van der Waals surface area contributed by atoms with Crippen molar-refractivity contribution < 1.29 is 4.79 Å². The van der Waals surface area contributed by atoms with E-state index in [1.54, 1.807) is 25.5 Å². The summed E-state index contributed by atoms with van der Waals surface area (Å²) in [5.74, 6) is 0.531. The smallest absolute Gasteiger partial charge is 0.236 e. The quantitative estimate of drug-likeness (QED) is 0.560. The minimum atomic E-state index is -0.471. The highest BCUT2D eigenvalue weighted by Gasteiger charge is 2.04. The number of aromatic nitrogens is 2. The van der Waals surface area contributed by atoms with Gasteiger partial charge in [-0.3, -0.25) is 9.78 Å². The Hall–Kier alpha value is -1.69. The average molecular weight is 209 g/mol. The molecule has 0 unspecified atom stereocenters. The predicted octanol–water partition coefficient (Wildman–Crippen LogP) is -0.648. The van der Waals surface area contributed by atoms with Crippen LogP contribution in [0.1, 0.15) is 6.92 Å². The van der Waals surface area contributed by atoms with Crippen molar-refractivity contribution in [1.82, 2.24) is 15.3 Å². The van der Waals surface area contributed by atoms with Gasteiger partial charge in [-0.2, -0.15) is 0 Å². The summed E-state index contributed by atoms with van der Waals surface area (Å²) in [7, 11) is 0. The van der Waals surface area contributed by atoms with Crippen LogP contribution in [-0.4, -0.2) is 35.0 Å². The van der Waals surface area contributed by atoms with Crippen LogP contribution in [0.25, 0.3) is 0 Å². The van der Waals surface area contributed by atoms with E-state index < -0.39 is 6.04 Å². The van der Waals surface area contributed by atoms with Crippen molar-refractivity contribution in [3.8, 4) is 0 Å². The van der Waals surface area contributed by atoms with Gasteiger partial charge >= 0.3 is 0 Å². The number of hydrogen-bond donors (Lipinski definition) is 3. The highest BCUT2D eigenvalue weighted by molar-refractivity contribution is 5.80. The monoisotopic (exact) mass is 209 g/mol. The zero-order chi connectivity index (χ0) is 11.1. The lowest BCUT2D eigenvalue weighted by Gasteiger charge is -2.08. The van der Waals surface area contributed by atoms with E-state index >= 15 is 0 Å².